The highest BCUT2D eigenvalue weighted by Crippen LogP contribution is 2.18. The first-order chi connectivity index (χ1) is 9.18. The second-order valence-corrected chi connectivity index (χ2v) is 5.20. The predicted octanol–water partition coefficient (Wildman–Crippen LogP) is 1.28. The average Bonchev–Trinajstić information content (AvgIpc) is 2.70. The third kappa shape index (κ3) is 3.23. The fourth-order valence-electron chi connectivity index (χ4n) is 1.56. The van der Waals surface area contributed by atoms with Crippen molar-refractivity contribution in [1.29, 1.82) is 5.26 Å². The van der Waals surface area contributed by atoms with Crippen LogP contribution in [0, 0.1) is 11.3 Å². The molecule has 0 aliphatic carbocycles. The van der Waals surface area contributed by atoms with E-state index in [1.165, 1.54) is 10.7 Å². The Bertz CT molecular complexity index is 725. The van der Waals surface area contributed by atoms with Gasteiger partial charge >= 0.3 is 0 Å². The Morgan fingerprint density at radius 1 is 1.50 bits per heavy atom. The molecule has 0 aromatic carbocycles. The number of carboxylic acid groups (broad SMARTS) is 1. The van der Waals surface area contributed by atoms with Gasteiger partial charge in [0, 0.05) is 24.9 Å². The normalized spacial score (nSPS) is 10.6. The van der Waals surface area contributed by atoms with Crippen molar-refractivity contribution >= 4 is 11.6 Å². The van der Waals surface area contributed by atoms with Crippen LogP contribution < -0.4 is 5.56 Å². The van der Waals surface area contributed by atoms with Gasteiger partial charge in [-0.15, -0.1) is 0 Å². The maximum Gasteiger partial charge on any atom is 0.300 e. The van der Waals surface area contributed by atoms with Crippen molar-refractivity contribution in [2.24, 2.45) is 0 Å². The quantitative estimate of drug-likeness (QED) is 0.753. The second kappa shape index (κ2) is 5.57. The fourth-order valence-corrected chi connectivity index (χ4v) is 1.56. The Labute approximate surface area is 115 Å². The molecule has 0 unspecified atom stereocenters. The lowest BCUT2D eigenvalue weighted by molar-refractivity contribution is -0.134. The highest BCUT2D eigenvalue weighted by atomic mass is 16.4. The van der Waals surface area contributed by atoms with Crippen molar-refractivity contribution < 1.29 is 9.90 Å². The van der Waals surface area contributed by atoms with Gasteiger partial charge in [0.05, 0.1) is 0 Å². The first-order valence-electron chi connectivity index (χ1n) is 5.87. The van der Waals surface area contributed by atoms with E-state index in [1.54, 1.807) is 6.20 Å². The standard InChI is InChI=1S/C11H12N4O.C2H4O2/c1-11(2,3)8-6-13-9-7(4-12)5-14-15(9)10(8)16;1-2(3)4/h5-6,14H,1-3H3;1H3,(H,3,4). The van der Waals surface area contributed by atoms with Crippen molar-refractivity contribution in [2.75, 3.05) is 0 Å². The molecule has 2 aromatic heterocycles. The van der Waals surface area contributed by atoms with Crippen LogP contribution >= 0.6 is 0 Å². The SMILES string of the molecule is CC(=O)O.CC(C)(C)c1cnc2c(C#N)c[nH]n2c1=O. The van der Waals surface area contributed by atoms with Gasteiger partial charge < -0.3 is 5.11 Å². The summed E-state index contributed by atoms with van der Waals surface area (Å²) in [7, 11) is 0. The van der Waals surface area contributed by atoms with Crippen LogP contribution in [0.4, 0.5) is 0 Å². The fraction of sp³-hybridized carbons (Fsp3) is 0.385. The summed E-state index contributed by atoms with van der Waals surface area (Å²) >= 11 is 0. The molecule has 0 saturated carbocycles. The Hall–Kier alpha value is -2.62. The zero-order valence-electron chi connectivity index (χ0n) is 11.8. The smallest absolute Gasteiger partial charge is 0.300 e. The number of nitrogens with zero attached hydrogens (tertiary/aromatic N) is 3. The largest absolute Gasteiger partial charge is 0.481 e. The summed E-state index contributed by atoms with van der Waals surface area (Å²) in [5, 5.41) is 19.0. The second-order valence-electron chi connectivity index (χ2n) is 5.20. The van der Waals surface area contributed by atoms with Gasteiger partial charge in [-0.05, 0) is 5.41 Å². The van der Waals surface area contributed by atoms with Gasteiger partial charge in [0.1, 0.15) is 11.6 Å². The molecule has 2 N–H and O–H groups in total. The van der Waals surface area contributed by atoms with Crippen molar-refractivity contribution in [2.45, 2.75) is 33.1 Å². The third-order valence-corrected chi connectivity index (χ3v) is 2.47. The molecule has 0 aliphatic rings. The van der Waals surface area contributed by atoms with E-state index in [0.29, 0.717) is 16.8 Å². The number of fused-ring (bicyclic) bond motifs is 1. The van der Waals surface area contributed by atoms with Crippen molar-refractivity contribution in [3.05, 3.63) is 33.9 Å². The van der Waals surface area contributed by atoms with Gasteiger partial charge in [-0.25, -0.2) is 9.50 Å². The number of carboxylic acids is 1. The van der Waals surface area contributed by atoms with E-state index < -0.39 is 5.97 Å². The van der Waals surface area contributed by atoms with Crippen molar-refractivity contribution in [3.63, 3.8) is 0 Å². The summed E-state index contributed by atoms with van der Waals surface area (Å²) in [5.41, 5.74) is 0.955. The molecule has 0 saturated heterocycles. The zero-order valence-corrected chi connectivity index (χ0v) is 11.8. The lowest BCUT2D eigenvalue weighted by atomic mass is 9.89. The van der Waals surface area contributed by atoms with E-state index in [2.05, 4.69) is 10.1 Å². The molecule has 0 atom stereocenters. The molecule has 20 heavy (non-hydrogen) atoms. The average molecular weight is 276 g/mol. The molecule has 0 radical (unpaired) electrons. The Morgan fingerprint density at radius 2 is 2.05 bits per heavy atom. The molecule has 2 rings (SSSR count). The van der Waals surface area contributed by atoms with Crippen LogP contribution in [0.1, 0.15) is 38.8 Å². The topological polar surface area (TPSA) is 111 Å². The zero-order chi connectivity index (χ0) is 15.5. The van der Waals surface area contributed by atoms with Crippen LogP contribution in [0.15, 0.2) is 17.2 Å². The maximum atomic E-state index is 12.1. The van der Waals surface area contributed by atoms with Crippen LogP contribution in [-0.4, -0.2) is 25.7 Å². The van der Waals surface area contributed by atoms with E-state index in [4.69, 9.17) is 15.2 Å². The number of aromatic amines is 1. The minimum absolute atomic E-state index is 0.154. The summed E-state index contributed by atoms with van der Waals surface area (Å²) in [5.74, 6) is -0.833. The van der Waals surface area contributed by atoms with Crippen LogP contribution in [0.5, 0.6) is 0 Å². The molecule has 0 bridgehead atoms. The number of hydrogen-bond donors (Lipinski definition) is 2. The van der Waals surface area contributed by atoms with Gasteiger partial charge in [0.2, 0.25) is 0 Å². The molecule has 7 nitrogen and oxygen atoms in total. The van der Waals surface area contributed by atoms with Crippen molar-refractivity contribution in [1.82, 2.24) is 14.6 Å². The lowest BCUT2D eigenvalue weighted by Crippen LogP contribution is -2.28. The van der Waals surface area contributed by atoms with E-state index in [-0.39, 0.29) is 11.0 Å². The van der Waals surface area contributed by atoms with Gasteiger partial charge in [0.15, 0.2) is 5.65 Å². The molecular weight excluding hydrogens is 260 g/mol. The Morgan fingerprint density at radius 3 is 2.50 bits per heavy atom. The number of rotatable bonds is 0. The lowest BCUT2D eigenvalue weighted by Gasteiger charge is -2.16. The summed E-state index contributed by atoms with van der Waals surface area (Å²) in [4.78, 5) is 25.2. The maximum absolute atomic E-state index is 12.1. The summed E-state index contributed by atoms with van der Waals surface area (Å²) in [6.07, 6.45) is 3.03. The summed E-state index contributed by atoms with van der Waals surface area (Å²) < 4.78 is 1.30. The van der Waals surface area contributed by atoms with Gasteiger partial charge in [-0.3, -0.25) is 14.7 Å². The molecule has 106 valence electrons. The van der Waals surface area contributed by atoms with Gasteiger partial charge in [-0.2, -0.15) is 5.26 Å². The third-order valence-electron chi connectivity index (χ3n) is 2.47. The molecule has 0 aliphatic heterocycles. The molecule has 2 aromatic rings. The predicted molar refractivity (Wildman–Crippen MR) is 72.5 cm³/mol. The van der Waals surface area contributed by atoms with Crippen LogP contribution in [0.25, 0.3) is 5.65 Å². The molecule has 0 amide bonds. The van der Waals surface area contributed by atoms with Crippen LogP contribution in [0.3, 0.4) is 0 Å². The first kappa shape index (κ1) is 15.4. The number of nitriles is 1. The number of nitrogens with one attached hydrogen (secondary N) is 1. The summed E-state index contributed by atoms with van der Waals surface area (Å²) in [6.45, 7) is 6.93. The minimum atomic E-state index is -0.833. The number of H-pyrrole nitrogens is 1. The van der Waals surface area contributed by atoms with E-state index in [0.717, 1.165) is 6.92 Å². The number of carbonyl (C=O) groups is 1. The monoisotopic (exact) mass is 276 g/mol. The number of aromatic nitrogens is 3. The molecule has 0 spiro atoms. The van der Waals surface area contributed by atoms with E-state index >= 15 is 0 Å². The van der Waals surface area contributed by atoms with Gasteiger partial charge in [-0.1, -0.05) is 20.8 Å². The Balaban J connectivity index is 0.000000444. The van der Waals surface area contributed by atoms with Crippen molar-refractivity contribution in [3.8, 4) is 6.07 Å². The minimum Gasteiger partial charge on any atom is -0.481 e. The molecule has 0 fully saturated rings. The van der Waals surface area contributed by atoms with E-state index in [1.807, 2.05) is 26.8 Å². The number of hydrogen-bond acceptors (Lipinski definition) is 4. The highest BCUT2D eigenvalue weighted by Gasteiger charge is 2.20. The van der Waals surface area contributed by atoms with Crippen LogP contribution in [-0.2, 0) is 10.2 Å². The summed E-state index contributed by atoms with van der Waals surface area (Å²) in [6, 6.07) is 1.98. The number of aliphatic carboxylic acids is 1. The van der Waals surface area contributed by atoms with Crippen LogP contribution in [0.2, 0.25) is 0 Å². The molecule has 7 heteroatoms. The highest BCUT2D eigenvalue weighted by molar-refractivity contribution is 5.63. The molecule has 2 heterocycles. The first-order valence-corrected chi connectivity index (χ1v) is 5.87. The van der Waals surface area contributed by atoms with E-state index in [9.17, 15) is 4.79 Å². The molecular formula is C13H16N4O3. The van der Waals surface area contributed by atoms with Gasteiger partial charge in [0.25, 0.3) is 11.5 Å². The Kier molecular flexibility index (Phi) is 4.30.